The molecule has 194 valence electrons. The fourth-order valence-corrected chi connectivity index (χ4v) is 6.58. The standard InChI is InChI=1S/C29H39N3O2S2/c1-4-5-15-24-25(31(20-35)29(33)34-2)16-17-26-28(24)30-27(18-21-11-7-6-8-12-21)32(26)22-13-9-10-14-23(19-22)36-3/h6-8,11-12,16-17,22-23,35H,4-5,9-10,13-15,18-20H2,1-3H3. The number of aryl methyl sites for hydroxylation is 1. The number of thioether (sulfide) groups is 1. The van der Waals surface area contributed by atoms with Gasteiger partial charge in [0.15, 0.2) is 0 Å². The van der Waals surface area contributed by atoms with Gasteiger partial charge in [-0.05, 0) is 56.1 Å². The molecule has 36 heavy (non-hydrogen) atoms. The van der Waals surface area contributed by atoms with E-state index in [1.54, 1.807) is 4.90 Å². The van der Waals surface area contributed by atoms with Crippen molar-refractivity contribution in [3.63, 3.8) is 0 Å². The third-order valence-electron chi connectivity index (χ3n) is 7.37. The number of nitrogens with zero attached hydrogens (tertiary/aromatic N) is 3. The number of ether oxygens (including phenoxy) is 1. The molecule has 0 N–H and O–H groups in total. The molecule has 1 aliphatic carbocycles. The van der Waals surface area contributed by atoms with Gasteiger partial charge in [-0.25, -0.2) is 9.78 Å². The summed E-state index contributed by atoms with van der Waals surface area (Å²) in [7, 11) is 1.42. The number of carbonyl (C=O) groups is 1. The van der Waals surface area contributed by atoms with Crippen molar-refractivity contribution in [2.45, 2.75) is 76.0 Å². The average Bonchev–Trinajstić information content (AvgIpc) is 3.09. The number of fused-ring (bicyclic) bond motifs is 1. The van der Waals surface area contributed by atoms with Crippen LogP contribution in [-0.4, -0.2) is 40.1 Å². The highest BCUT2D eigenvalue weighted by atomic mass is 32.2. The maximum absolute atomic E-state index is 12.6. The number of methoxy groups -OCH3 is 1. The minimum Gasteiger partial charge on any atom is -0.452 e. The predicted molar refractivity (Wildman–Crippen MR) is 156 cm³/mol. The molecular weight excluding hydrogens is 486 g/mol. The molecule has 1 saturated carbocycles. The van der Waals surface area contributed by atoms with E-state index in [9.17, 15) is 4.79 Å². The molecule has 0 aliphatic heterocycles. The van der Waals surface area contributed by atoms with Crippen LogP contribution in [0.25, 0.3) is 11.0 Å². The molecule has 1 heterocycles. The van der Waals surface area contributed by atoms with Gasteiger partial charge in [0.25, 0.3) is 0 Å². The van der Waals surface area contributed by atoms with E-state index < -0.39 is 6.09 Å². The Morgan fingerprint density at radius 3 is 2.67 bits per heavy atom. The number of amides is 1. The summed E-state index contributed by atoms with van der Waals surface area (Å²) in [6.45, 7) is 2.20. The Morgan fingerprint density at radius 2 is 1.97 bits per heavy atom. The molecule has 1 aliphatic rings. The van der Waals surface area contributed by atoms with Crippen LogP contribution in [0.3, 0.4) is 0 Å². The lowest BCUT2D eigenvalue weighted by atomic mass is 10.0. The lowest BCUT2D eigenvalue weighted by Crippen LogP contribution is -2.30. The Bertz CT molecular complexity index is 1150. The zero-order chi connectivity index (χ0) is 25.5. The first kappa shape index (κ1) is 26.9. The monoisotopic (exact) mass is 525 g/mol. The van der Waals surface area contributed by atoms with Crippen LogP contribution in [0.2, 0.25) is 0 Å². The highest BCUT2D eigenvalue weighted by Crippen LogP contribution is 2.39. The fraction of sp³-hybridized carbons (Fsp3) is 0.517. The Balaban J connectivity index is 1.90. The normalized spacial score (nSPS) is 18.2. The van der Waals surface area contributed by atoms with Crippen LogP contribution < -0.4 is 4.90 Å². The zero-order valence-electron chi connectivity index (χ0n) is 21.8. The molecule has 0 radical (unpaired) electrons. The van der Waals surface area contributed by atoms with E-state index in [4.69, 9.17) is 9.72 Å². The molecule has 1 aromatic heterocycles. The number of imidazole rings is 1. The highest BCUT2D eigenvalue weighted by Gasteiger charge is 2.28. The van der Waals surface area contributed by atoms with Gasteiger partial charge in [-0.2, -0.15) is 24.4 Å². The Kier molecular flexibility index (Phi) is 9.66. The molecule has 3 aromatic rings. The van der Waals surface area contributed by atoms with Crippen molar-refractivity contribution < 1.29 is 9.53 Å². The number of benzene rings is 2. The van der Waals surface area contributed by atoms with Crippen molar-refractivity contribution >= 4 is 47.2 Å². The summed E-state index contributed by atoms with van der Waals surface area (Å²) in [5.41, 5.74) is 5.46. The van der Waals surface area contributed by atoms with Crippen LogP contribution in [0, 0.1) is 0 Å². The summed E-state index contributed by atoms with van der Waals surface area (Å²) in [4.78, 5) is 19.5. The lowest BCUT2D eigenvalue weighted by molar-refractivity contribution is 0.180. The highest BCUT2D eigenvalue weighted by molar-refractivity contribution is 7.99. The van der Waals surface area contributed by atoms with Gasteiger partial charge in [0.1, 0.15) is 5.82 Å². The van der Waals surface area contributed by atoms with Crippen LogP contribution >= 0.6 is 24.4 Å². The van der Waals surface area contributed by atoms with Crippen LogP contribution in [0.15, 0.2) is 42.5 Å². The summed E-state index contributed by atoms with van der Waals surface area (Å²) >= 11 is 6.46. The van der Waals surface area contributed by atoms with Gasteiger partial charge in [0.2, 0.25) is 0 Å². The van der Waals surface area contributed by atoms with Gasteiger partial charge in [-0.3, -0.25) is 4.90 Å². The molecule has 4 rings (SSSR count). The first-order valence-electron chi connectivity index (χ1n) is 13.2. The van der Waals surface area contributed by atoms with Gasteiger partial charge >= 0.3 is 6.09 Å². The number of thiol groups is 1. The molecule has 2 unspecified atom stereocenters. The quantitative estimate of drug-likeness (QED) is 0.177. The van der Waals surface area contributed by atoms with Gasteiger partial charge in [-0.1, -0.05) is 56.5 Å². The largest absolute Gasteiger partial charge is 0.452 e. The molecule has 0 bridgehead atoms. The molecule has 0 saturated heterocycles. The Morgan fingerprint density at radius 1 is 1.19 bits per heavy atom. The van der Waals surface area contributed by atoms with Crippen molar-refractivity contribution in [3.05, 3.63) is 59.4 Å². The molecule has 1 amide bonds. The molecule has 7 heteroatoms. The molecular formula is C29H39N3O2S2. The van der Waals surface area contributed by atoms with E-state index in [-0.39, 0.29) is 5.88 Å². The van der Waals surface area contributed by atoms with Crippen LogP contribution in [0.4, 0.5) is 10.5 Å². The van der Waals surface area contributed by atoms with Crippen molar-refractivity contribution in [2.24, 2.45) is 0 Å². The van der Waals surface area contributed by atoms with Crippen LogP contribution in [0.1, 0.15) is 74.9 Å². The number of hydrogen-bond donors (Lipinski definition) is 1. The Labute approximate surface area is 225 Å². The number of hydrogen-bond acceptors (Lipinski definition) is 5. The first-order chi connectivity index (χ1) is 17.6. The van der Waals surface area contributed by atoms with Crippen molar-refractivity contribution in [1.82, 2.24) is 9.55 Å². The number of rotatable bonds is 9. The summed E-state index contributed by atoms with van der Waals surface area (Å²) < 4.78 is 7.62. The van der Waals surface area contributed by atoms with Crippen LogP contribution in [0.5, 0.6) is 0 Å². The van der Waals surface area contributed by atoms with E-state index in [2.05, 4.69) is 72.8 Å². The van der Waals surface area contributed by atoms with E-state index in [0.717, 1.165) is 48.3 Å². The second-order valence-electron chi connectivity index (χ2n) is 9.67. The maximum Gasteiger partial charge on any atom is 0.414 e. The molecule has 2 aromatic carbocycles. The van der Waals surface area contributed by atoms with E-state index >= 15 is 0 Å². The zero-order valence-corrected chi connectivity index (χ0v) is 23.5. The average molecular weight is 526 g/mol. The van der Waals surface area contributed by atoms with Gasteiger partial charge in [-0.15, -0.1) is 0 Å². The molecule has 5 nitrogen and oxygen atoms in total. The van der Waals surface area contributed by atoms with E-state index in [0.29, 0.717) is 11.3 Å². The minimum atomic E-state index is -0.391. The molecule has 0 spiro atoms. The predicted octanol–water partition coefficient (Wildman–Crippen LogP) is 7.67. The fourth-order valence-electron chi connectivity index (χ4n) is 5.50. The Hall–Kier alpha value is -2.12. The van der Waals surface area contributed by atoms with Crippen LogP contribution in [-0.2, 0) is 17.6 Å². The minimum absolute atomic E-state index is 0.257. The summed E-state index contributed by atoms with van der Waals surface area (Å²) in [5, 5.41) is 0.678. The summed E-state index contributed by atoms with van der Waals surface area (Å²) in [5.74, 6) is 1.38. The smallest absolute Gasteiger partial charge is 0.414 e. The number of unbranched alkanes of at least 4 members (excludes halogenated alkanes) is 1. The topological polar surface area (TPSA) is 47.4 Å². The second kappa shape index (κ2) is 12.9. The number of carbonyl (C=O) groups excluding carboxylic acids is 1. The SMILES string of the molecule is CCCCc1c(N(CS)C(=O)OC)ccc2c1nc(Cc1ccccc1)n2C1CCCCC(SC)C1. The third kappa shape index (κ3) is 5.88. The van der Waals surface area contributed by atoms with E-state index in [1.165, 1.54) is 50.3 Å². The van der Waals surface area contributed by atoms with Gasteiger partial charge in [0.05, 0.1) is 29.7 Å². The third-order valence-corrected chi connectivity index (χ3v) is 8.75. The summed E-state index contributed by atoms with van der Waals surface area (Å²) in [6.07, 6.45) is 11.8. The van der Waals surface area contributed by atoms with E-state index in [1.807, 2.05) is 11.8 Å². The van der Waals surface area contributed by atoms with Crippen molar-refractivity contribution in [3.8, 4) is 0 Å². The molecule has 1 fully saturated rings. The van der Waals surface area contributed by atoms with Gasteiger partial charge < -0.3 is 9.30 Å². The number of anilines is 1. The lowest BCUT2D eigenvalue weighted by Gasteiger charge is -2.24. The van der Waals surface area contributed by atoms with Crippen molar-refractivity contribution in [1.29, 1.82) is 0 Å². The molecule has 2 atom stereocenters. The maximum atomic E-state index is 12.6. The second-order valence-corrected chi connectivity index (χ2v) is 11.1. The summed E-state index contributed by atoms with van der Waals surface area (Å²) in [6, 6.07) is 15.3. The van der Waals surface area contributed by atoms with Crippen molar-refractivity contribution in [2.75, 3.05) is 24.1 Å². The van der Waals surface area contributed by atoms with Gasteiger partial charge in [0, 0.05) is 23.3 Å². The number of aromatic nitrogens is 2. The first-order valence-corrected chi connectivity index (χ1v) is 15.1.